The fourth-order valence-electron chi connectivity index (χ4n) is 0.834. The van der Waals surface area contributed by atoms with Crippen LogP contribution in [-0.4, -0.2) is 27.7 Å². The predicted molar refractivity (Wildman–Crippen MR) is 48.7 cm³/mol. The molecule has 1 heterocycles. The SMILES string of the molecule is Cc1cc(C#N)nc(NOCC(=O)O)n1. The molecule has 0 spiro atoms. The van der Waals surface area contributed by atoms with Crippen molar-refractivity contribution < 1.29 is 14.7 Å². The molecule has 0 aliphatic rings. The molecule has 0 aromatic carbocycles. The summed E-state index contributed by atoms with van der Waals surface area (Å²) in [6.45, 7) is 1.17. The molecular weight excluding hydrogens is 200 g/mol. The number of rotatable bonds is 4. The Morgan fingerprint density at radius 1 is 1.73 bits per heavy atom. The van der Waals surface area contributed by atoms with Gasteiger partial charge in [0.15, 0.2) is 6.61 Å². The molecule has 2 N–H and O–H groups in total. The summed E-state index contributed by atoms with van der Waals surface area (Å²) in [7, 11) is 0. The van der Waals surface area contributed by atoms with Gasteiger partial charge in [0.1, 0.15) is 11.8 Å². The van der Waals surface area contributed by atoms with E-state index >= 15 is 0 Å². The topological polar surface area (TPSA) is 108 Å². The van der Waals surface area contributed by atoms with Crippen LogP contribution in [0.2, 0.25) is 0 Å². The lowest BCUT2D eigenvalue weighted by Gasteiger charge is -2.03. The van der Waals surface area contributed by atoms with Crippen molar-refractivity contribution >= 4 is 11.9 Å². The third-order valence-corrected chi connectivity index (χ3v) is 1.33. The Balaban J connectivity index is 2.65. The number of carbonyl (C=O) groups is 1. The number of carboxylic acid groups (broad SMARTS) is 1. The molecule has 0 saturated heterocycles. The molecule has 0 aliphatic carbocycles. The molecule has 0 saturated carbocycles. The lowest BCUT2D eigenvalue weighted by atomic mass is 10.3. The lowest BCUT2D eigenvalue weighted by Crippen LogP contribution is -2.13. The Kier molecular flexibility index (Phi) is 3.54. The molecule has 0 fully saturated rings. The van der Waals surface area contributed by atoms with Gasteiger partial charge in [-0.2, -0.15) is 5.26 Å². The van der Waals surface area contributed by atoms with Gasteiger partial charge in [-0.3, -0.25) is 4.84 Å². The first kappa shape index (κ1) is 10.9. The molecule has 0 amide bonds. The largest absolute Gasteiger partial charge is 0.479 e. The molecule has 7 nitrogen and oxygen atoms in total. The maximum absolute atomic E-state index is 10.1. The van der Waals surface area contributed by atoms with Gasteiger partial charge in [-0.25, -0.2) is 20.2 Å². The fourth-order valence-corrected chi connectivity index (χ4v) is 0.834. The second-order valence-electron chi connectivity index (χ2n) is 2.61. The van der Waals surface area contributed by atoms with Crippen LogP contribution in [0.15, 0.2) is 6.07 Å². The van der Waals surface area contributed by atoms with Gasteiger partial charge in [0.25, 0.3) is 0 Å². The van der Waals surface area contributed by atoms with Crippen LogP contribution in [0, 0.1) is 18.3 Å². The smallest absolute Gasteiger partial charge is 0.332 e. The van der Waals surface area contributed by atoms with Crippen molar-refractivity contribution in [2.45, 2.75) is 6.92 Å². The fraction of sp³-hybridized carbons (Fsp3) is 0.250. The third kappa shape index (κ3) is 3.58. The zero-order valence-electron chi connectivity index (χ0n) is 7.89. The second kappa shape index (κ2) is 4.88. The molecule has 0 atom stereocenters. The predicted octanol–water partition coefficient (Wildman–Crippen LogP) is 0.0848. The Labute approximate surface area is 85.3 Å². The molecule has 7 heteroatoms. The van der Waals surface area contributed by atoms with E-state index in [2.05, 4.69) is 20.3 Å². The van der Waals surface area contributed by atoms with Gasteiger partial charge < -0.3 is 5.11 Å². The summed E-state index contributed by atoms with van der Waals surface area (Å²) >= 11 is 0. The van der Waals surface area contributed by atoms with E-state index in [1.54, 1.807) is 6.92 Å². The maximum atomic E-state index is 10.1. The zero-order valence-corrected chi connectivity index (χ0v) is 7.89. The van der Waals surface area contributed by atoms with Gasteiger partial charge in [0.05, 0.1) is 0 Å². The summed E-state index contributed by atoms with van der Waals surface area (Å²) in [4.78, 5) is 22.3. The molecular formula is C8H8N4O3. The summed E-state index contributed by atoms with van der Waals surface area (Å²) in [5.41, 5.74) is 3.01. The number of aliphatic carboxylic acids is 1. The highest BCUT2D eigenvalue weighted by Crippen LogP contribution is 2.03. The monoisotopic (exact) mass is 208 g/mol. The van der Waals surface area contributed by atoms with E-state index in [4.69, 9.17) is 10.4 Å². The van der Waals surface area contributed by atoms with Crippen LogP contribution < -0.4 is 5.48 Å². The Bertz CT molecular complexity index is 413. The van der Waals surface area contributed by atoms with Gasteiger partial charge in [0, 0.05) is 5.69 Å². The number of nitrogens with one attached hydrogen (secondary N) is 1. The number of hydrogen-bond acceptors (Lipinski definition) is 6. The van der Waals surface area contributed by atoms with Crippen LogP contribution in [-0.2, 0) is 9.63 Å². The average molecular weight is 208 g/mol. The van der Waals surface area contributed by atoms with Crippen LogP contribution in [0.1, 0.15) is 11.4 Å². The van der Waals surface area contributed by atoms with Crippen LogP contribution in [0.25, 0.3) is 0 Å². The molecule has 1 rings (SSSR count). The number of nitriles is 1. The Morgan fingerprint density at radius 3 is 3.07 bits per heavy atom. The van der Waals surface area contributed by atoms with E-state index in [0.29, 0.717) is 5.69 Å². The summed E-state index contributed by atoms with van der Waals surface area (Å²) in [5.74, 6) is -1.05. The van der Waals surface area contributed by atoms with E-state index in [1.807, 2.05) is 6.07 Å². The van der Waals surface area contributed by atoms with E-state index in [-0.39, 0.29) is 11.6 Å². The van der Waals surface area contributed by atoms with E-state index in [9.17, 15) is 4.79 Å². The van der Waals surface area contributed by atoms with Crippen molar-refractivity contribution in [2.75, 3.05) is 12.1 Å². The van der Waals surface area contributed by atoms with Crippen LogP contribution >= 0.6 is 0 Å². The molecule has 1 aromatic rings. The Hall–Kier alpha value is -2.20. The zero-order chi connectivity index (χ0) is 11.3. The van der Waals surface area contributed by atoms with E-state index in [0.717, 1.165) is 0 Å². The number of carboxylic acids is 1. The van der Waals surface area contributed by atoms with Crippen molar-refractivity contribution in [3.63, 3.8) is 0 Å². The highest BCUT2D eigenvalue weighted by Gasteiger charge is 2.02. The van der Waals surface area contributed by atoms with Crippen molar-refractivity contribution in [3.05, 3.63) is 17.5 Å². The van der Waals surface area contributed by atoms with Crippen molar-refractivity contribution in [1.82, 2.24) is 9.97 Å². The minimum Gasteiger partial charge on any atom is -0.479 e. The minimum atomic E-state index is -1.12. The molecule has 15 heavy (non-hydrogen) atoms. The molecule has 1 aromatic heterocycles. The number of aryl methyl sites for hydroxylation is 1. The standard InChI is InChI=1S/C8H8N4O3/c1-5-2-6(3-9)11-8(10-5)12-15-4-7(13)14/h2H,4H2,1H3,(H,13,14)(H,10,11,12). The molecule has 78 valence electrons. The summed E-state index contributed by atoms with van der Waals surface area (Å²) in [6, 6.07) is 3.35. The quantitative estimate of drug-likeness (QED) is 0.674. The number of anilines is 1. The van der Waals surface area contributed by atoms with Crippen LogP contribution in [0.4, 0.5) is 5.95 Å². The normalized spacial score (nSPS) is 9.33. The number of aromatic nitrogens is 2. The molecule has 0 bridgehead atoms. The lowest BCUT2D eigenvalue weighted by molar-refractivity contribution is -0.141. The highest BCUT2D eigenvalue weighted by atomic mass is 16.7. The van der Waals surface area contributed by atoms with Gasteiger partial charge in [-0.05, 0) is 13.0 Å². The minimum absolute atomic E-state index is 0.0628. The van der Waals surface area contributed by atoms with Crippen LogP contribution in [0.5, 0.6) is 0 Å². The van der Waals surface area contributed by atoms with Crippen molar-refractivity contribution in [2.24, 2.45) is 0 Å². The van der Waals surface area contributed by atoms with Crippen LogP contribution in [0.3, 0.4) is 0 Å². The summed E-state index contributed by atoms with van der Waals surface area (Å²) < 4.78 is 0. The van der Waals surface area contributed by atoms with Crippen molar-refractivity contribution in [3.8, 4) is 6.07 Å². The number of hydrogen-bond donors (Lipinski definition) is 2. The van der Waals surface area contributed by atoms with Gasteiger partial charge in [-0.15, -0.1) is 0 Å². The average Bonchev–Trinajstić information content (AvgIpc) is 2.16. The Morgan fingerprint density at radius 2 is 2.47 bits per heavy atom. The van der Waals surface area contributed by atoms with Gasteiger partial charge >= 0.3 is 5.97 Å². The molecule has 0 unspecified atom stereocenters. The third-order valence-electron chi connectivity index (χ3n) is 1.33. The highest BCUT2D eigenvalue weighted by molar-refractivity contribution is 5.68. The van der Waals surface area contributed by atoms with Gasteiger partial charge in [-0.1, -0.05) is 0 Å². The van der Waals surface area contributed by atoms with Crippen molar-refractivity contribution in [1.29, 1.82) is 5.26 Å². The van der Waals surface area contributed by atoms with E-state index in [1.165, 1.54) is 6.07 Å². The summed E-state index contributed by atoms with van der Waals surface area (Å²) in [6.07, 6.45) is 0. The molecule has 0 radical (unpaired) electrons. The second-order valence-corrected chi connectivity index (χ2v) is 2.61. The first-order valence-corrected chi connectivity index (χ1v) is 3.97. The maximum Gasteiger partial charge on any atom is 0.332 e. The van der Waals surface area contributed by atoms with E-state index < -0.39 is 12.6 Å². The summed E-state index contributed by atoms with van der Waals surface area (Å²) in [5, 5.41) is 16.9. The first-order valence-electron chi connectivity index (χ1n) is 3.97. The molecule has 0 aliphatic heterocycles. The van der Waals surface area contributed by atoms with Gasteiger partial charge in [0.2, 0.25) is 5.95 Å². The number of nitrogens with zero attached hydrogens (tertiary/aromatic N) is 3. The first-order chi connectivity index (χ1) is 7.11.